The van der Waals surface area contributed by atoms with Gasteiger partial charge in [-0.15, -0.1) is 0 Å². The van der Waals surface area contributed by atoms with Crippen LogP contribution in [0.2, 0.25) is 10.0 Å². The molecule has 0 radical (unpaired) electrons. The van der Waals surface area contributed by atoms with Gasteiger partial charge in [-0.3, -0.25) is 24.1 Å². The Hall–Kier alpha value is -2.38. The number of likely N-dealkylation sites (tertiary alicyclic amines) is 1. The fourth-order valence-electron chi connectivity index (χ4n) is 4.59. The zero-order valence-electron chi connectivity index (χ0n) is 19.7. The van der Waals surface area contributed by atoms with Crippen LogP contribution >= 0.6 is 23.2 Å². The molecule has 0 bridgehead atoms. The third kappa shape index (κ3) is 5.63. The smallest absolute Gasteiger partial charge is 0.243 e. The Balaban J connectivity index is 1.80. The number of amides is 4. The molecule has 1 N–H and O–H groups in total. The van der Waals surface area contributed by atoms with Crippen LogP contribution in [0, 0.1) is 11.8 Å². The predicted molar refractivity (Wildman–Crippen MR) is 131 cm³/mol. The Labute approximate surface area is 210 Å². The molecule has 0 saturated carbocycles. The van der Waals surface area contributed by atoms with Gasteiger partial charge in [0.05, 0.1) is 11.8 Å². The molecule has 1 fully saturated rings. The molecule has 3 rings (SSSR count). The third-order valence-electron chi connectivity index (χ3n) is 6.36. The molecule has 4 amide bonds. The number of halogens is 2. The van der Waals surface area contributed by atoms with Crippen molar-refractivity contribution in [1.82, 2.24) is 15.1 Å². The summed E-state index contributed by atoms with van der Waals surface area (Å²) >= 11 is 12.7. The SMILES string of the molecule is CC[C@H](C(=O)NC(C)C)N(Cc1c(Cl)cccc1Cl)C(=O)CCN1C(=O)[C@H]2CC=CC[C@H]2C1=O. The number of rotatable bonds is 9. The average molecular weight is 508 g/mol. The summed E-state index contributed by atoms with van der Waals surface area (Å²) in [6, 6.07) is 4.22. The lowest BCUT2D eigenvalue weighted by atomic mass is 9.85. The summed E-state index contributed by atoms with van der Waals surface area (Å²) in [5, 5.41) is 3.65. The summed E-state index contributed by atoms with van der Waals surface area (Å²) in [6.45, 7) is 5.54. The molecular formula is C25H31Cl2N3O4. The van der Waals surface area contributed by atoms with Crippen LogP contribution in [0.3, 0.4) is 0 Å². The highest BCUT2D eigenvalue weighted by Crippen LogP contribution is 2.35. The molecule has 1 heterocycles. The van der Waals surface area contributed by atoms with E-state index >= 15 is 0 Å². The Morgan fingerprint density at radius 3 is 2.15 bits per heavy atom. The van der Waals surface area contributed by atoms with Crippen LogP contribution < -0.4 is 5.32 Å². The topological polar surface area (TPSA) is 86.8 Å². The number of fused-ring (bicyclic) bond motifs is 1. The maximum Gasteiger partial charge on any atom is 0.243 e. The second-order valence-corrected chi connectivity index (χ2v) is 9.86. The van der Waals surface area contributed by atoms with Gasteiger partial charge >= 0.3 is 0 Å². The van der Waals surface area contributed by atoms with E-state index < -0.39 is 6.04 Å². The van der Waals surface area contributed by atoms with E-state index in [4.69, 9.17) is 23.2 Å². The van der Waals surface area contributed by atoms with E-state index in [1.165, 1.54) is 9.80 Å². The van der Waals surface area contributed by atoms with E-state index in [0.29, 0.717) is 34.9 Å². The largest absolute Gasteiger partial charge is 0.352 e. The predicted octanol–water partition coefficient (Wildman–Crippen LogP) is 3.97. The maximum absolute atomic E-state index is 13.4. The Morgan fingerprint density at radius 1 is 1.09 bits per heavy atom. The summed E-state index contributed by atoms with van der Waals surface area (Å²) in [4.78, 5) is 54.6. The summed E-state index contributed by atoms with van der Waals surface area (Å²) in [5.41, 5.74) is 0.542. The van der Waals surface area contributed by atoms with Crippen LogP contribution in [0.4, 0.5) is 0 Å². The van der Waals surface area contributed by atoms with E-state index in [0.717, 1.165) is 0 Å². The molecule has 1 aromatic carbocycles. The van der Waals surface area contributed by atoms with Gasteiger partial charge < -0.3 is 10.2 Å². The van der Waals surface area contributed by atoms with E-state index in [1.807, 2.05) is 32.9 Å². The first kappa shape index (κ1) is 26.2. The molecule has 3 atom stereocenters. The Kier molecular flexibility index (Phi) is 8.77. The number of carbonyl (C=O) groups is 4. The molecule has 1 aromatic rings. The first-order valence-electron chi connectivity index (χ1n) is 11.7. The normalized spacial score (nSPS) is 20.5. The molecule has 0 aromatic heterocycles. The van der Waals surface area contributed by atoms with E-state index in [2.05, 4.69) is 5.32 Å². The van der Waals surface area contributed by atoms with Crippen LogP contribution in [0.5, 0.6) is 0 Å². The number of imide groups is 1. The lowest BCUT2D eigenvalue weighted by Gasteiger charge is -2.32. The standard InChI is InChI=1S/C25H31Cl2N3O4/c1-4-21(23(32)28-15(2)3)30(14-18-19(26)10-7-11-20(18)27)22(31)12-13-29-24(33)16-8-5-6-9-17(16)25(29)34/h5-7,10-11,15-17,21H,4,8-9,12-14H2,1-3H3,(H,28,32)/t16-,17+,21-/m1/s1. The van der Waals surface area contributed by atoms with Gasteiger partial charge in [0.15, 0.2) is 0 Å². The van der Waals surface area contributed by atoms with Crippen molar-refractivity contribution in [2.24, 2.45) is 11.8 Å². The van der Waals surface area contributed by atoms with Crippen molar-refractivity contribution in [3.05, 3.63) is 46.0 Å². The first-order chi connectivity index (χ1) is 16.1. The van der Waals surface area contributed by atoms with Crippen molar-refractivity contribution in [1.29, 1.82) is 0 Å². The highest BCUT2D eigenvalue weighted by molar-refractivity contribution is 6.36. The molecule has 1 aliphatic carbocycles. The molecule has 0 unspecified atom stereocenters. The average Bonchev–Trinajstić information content (AvgIpc) is 3.03. The molecule has 9 heteroatoms. The molecular weight excluding hydrogens is 477 g/mol. The Bertz CT molecular complexity index is 948. The second-order valence-electron chi connectivity index (χ2n) is 9.04. The van der Waals surface area contributed by atoms with Gasteiger partial charge in [-0.25, -0.2) is 0 Å². The number of hydrogen-bond donors (Lipinski definition) is 1. The zero-order valence-corrected chi connectivity index (χ0v) is 21.2. The minimum Gasteiger partial charge on any atom is -0.352 e. The van der Waals surface area contributed by atoms with E-state index in [-0.39, 0.29) is 61.0 Å². The maximum atomic E-state index is 13.4. The van der Waals surface area contributed by atoms with Gasteiger partial charge in [0, 0.05) is 41.2 Å². The van der Waals surface area contributed by atoms with Crippen LogP contribution in [0.15, 0.2) is 30.4 Å². The van der Waals surface area contributed by atoms with Crippen LogP contribution in [0.25, 0.3) is 0 Å². The monoisotopic (exact) mass is 507 g/mol. The summed E-state index contributed by atoms with van der Waals surface area (Å²) in [6.07, 6.45) is 5.24. The van der Waals surface area contributed by atoms with Crippen molar-refractivity contribution in [3.8, 4) is 0 Å². The highest BCUT2D eigenvalue weighted by atomic mass is 35.5. The number of hydrogen-bond acceptors (Lipinski definition) is 4. The van der Waals surface area contributed by atoms with E-state index in [1.54, 1.807) is 18.2 Å². The molecule has 2 aliphatic rings. The molecule has 184 valence electrons. The van der Waals surface area contributed by atoms with Gasteiger partial charge in [0.1, 0.15) is 6.04 Å². The lowest BCUT2D eigenvalue weighted by molar-refractivity contribution is -0.144. The summed E-state index contributed by atoms with van der Waals surface area (Å²) in [7, 11) is 0. The summed E-state index contributed by atoms with van der Waals surface area (Å²) < 4.78 is 0. The quantitative estimate of drug-likeness (QED) is 0.404. The van der Waals surface area contributed by atoms with E-state index in [9.17, 15) is 19.2 Å². The van der Waals surface area contributed by atoms with Crippen LogP contribution in [-0.2, 0) is 25.7 Å². The molecule has 1 aliphatic heterocycles. The lowest BCUT2D eigenvalue weighted by Crippen LogP contribution is -2.51. The summed E-state index contributed by atoms with van der Waals surface area (Å²) in [5.74, 6) is -1.76. The minimum absolute atomic E-state index is 0.0154. The number of nitrogens with one attached hydrogen (secondary N) is 1. The van der Waals surface area contributed by atoms with Crippen molar-refractivity contribution in [2.75, 3.05) is 6.54 Å². The first-order valence-corrected chi connectivity index (χ1v) is 12.4. The van der Waals surface area contributed by atoms with Crippen LogP contribution in [0.1, 0.15) is 52.0 Å². The number of allylic oxidation sites excluding steroid dienone is 2. The second kappa shape index (κ2) is 11.4. The zero-order chi connectivity index (χ0) is 25.0. The minimum atomic E-state index is -0.751. The van der Waals surface area contributed by atoms with Crippen molar-refractivity contribution in [2.45, 2.75) is 65.1 Å². The fourth-order valence-corrected chi connectivity index (χ4v) is 5.11. The third-order valence-corrected chi connectivity index (χ3v) is 7.06. The number of carbonyl (C=O) groups excluding carboxylic acids is 4. The van der Waals surface area contributed by atoms with Gasteiger partial charge in [-0.1, -0.05) is 48.3 Å². The Morgan fingerprint density at radius 2 is 1.65 bits per heavy atom. The highest BCUT2D eigenvalue weighted by Gasteiger charge is 2.47. The van der Waals surface area contributed by atoms with Gasteiger partial charge in [-0.2, -0.15) is 0 Å². The molecule has 34 heavy (non-hydrogen) atoms. The van der Waals surface area contributed by atoms with Crippen molar-refractivity contribution < 1.29 is 19.2 Å². The van der Waals surface area contributed by atoms with Crippen molar-refractivity contribution in [3.63, 3.8) is 0 Å². The number of benzene rings is 1. The van der Waals surface area contributed by atoms with Gasteiger partial charge in [0.25, 0.3) is 0 Å². The van der Waals surface area contributed by atoms with Gasteiger partial charge in [0.2, 0.25) is 23.6 Å². The molecule has 0 spiro atoms. The van der Waals surface area contributed by atoms with Crippen molar-refractivity contribution >= 4 is 46.8 Å². The molecule has 1 saturated heterocycles. The molecule has 7 nitrogen and oxygen atoms in total. The van der Waals surface area contributed by atoms with Gasteiger partial charge in [-0.05, 0) is 45.2 Å². The fraction of sp³-hybridized carbons (Fsp3) is 0.520. The number of nitrogens with zero attached hydrogens (tertiary/aromatic N) is 2. The van der Waals surface area contributed by atoms with Crippen LogP contribution in [-0.4, -0.2) is 52.1 Å².